The maximum absolute atomic E-state index is 12.5. The average molecular weight is 418 g/mol. The summed E-state index contributed by atoms with van der Waals surface area (Å²) in [6.45, 7) is 3.96. The van der Waals surface area contributed by atoms with Crippen LogP contribution < -0.4 is 5.32 Å². The molecule has 7 nitrogen and oxygen atoms in total. The number of aromatic carboxylic acids is 1. The molecular weight excluding hydrogens is 400 g/mol. The van der Waals surface area contributed by atoms with Crippen LogP contribution in [0.5, 0.6) is 0 Å². The van der Waals surface area contributed by atoms with Gasteiger partial charge in [-0.05, 0) is 49.2 Å². The number of carboxylic acids is 1. The Morgan fingerprint density at radius 2 is 1.97 bits per heavy atom. The van der Waals surface area contributed by atoms with Gasteiger partial charge in [0.1, 0.15) is 5.82 Å². The molecule has 0 unspecified atom stereocenters. The van der Waals surface area contributed by atoms with E-state index in [2.05, 4.69) is 11.4 Å². The van der Waals surface area contributed by atoms with Crippen molar-refractivity contribution in [2.24, 2.45) is 0 Å². The van der Waals surface area contributed by atoms with Gasteiger partial charge >= 0.3 is 5.97 Å². The molecule has 8 heteroatoms. The maximum Gasteiger partial charge on any atom is 0.335 e. The molecule has 0 radical (unpaired) electrons. The number of carbonyl (C=O) groups is 2. The molecular formula is C22H18N4O3S. The molecule has 2 N–H and O–H groups in total. The predicted molar refractivity (Wildman–Crippen MR) is 115 cm³/mol. The minimum Gasteiger partial charge on any atom is -0.478 e. The number of anilines is 1. The van der Waals surface area contributed by atoms with Gasteiger partial charge in [0.2, 0.25) is 11.0 Å². The summed E-state index contributed by atoms with van der Waals surface area (Å²) in [5, 5.41) is 17.5. The van der Waals surface area contributed by atoms with Crippen LogP contribution >= 0.6 is 11.3 Å². The molecule has 2 aromatic heterocycles. The van der Waals surface area contributed by atoms with Gasteiger partial charge in [-0.3, -0.25) is 4.79 Å². The van der Waals surface area contributed by atoms with Gasteiger partial charge in [0.25, 0.3) is 0 Å². The van der Waals surface area contributed by atoms with E-state index in [-0.39, 0.29) is 23.8 Å². The van der Waals surface area contributed by atoms with E-state index < -0.39 is 5.97 Å². The maximum atomic E-state index is 12.5. The molecule has 0 spiro atoms. The SMILES string of the molecule is Cc1ccc2nc(-n3nc(C)c4c3NC(=O)C[C@H]4c3ccc(C(=O)O)cc3)sc2c1. The van der Waals surface area contributed by atoms with Crippen molar-refractivity contribution in [3.8, 4) is 5.13 Å². The summed E-state index contributed by atoms with van der Waals surface area (Å²) in [4.78, 5) is 28.4. The second kappa shape index (κ2) is 6.77. The molecule has 0 aliphatic carbocycles. The van der Waals surface area contributed by atoms with Crippen LogP contribution in [0.2, 0.25) is 0 Å². The highest BCUT2D eigenvalue weighted by atomic mass is 32.1. The zero-order valence-electron chi connectivity index (χ0n) is 16.3. The molecule has 0 saturated heterocycles. The number of fused-ring (bicyclic) bond motifs is 2. The van der Waals surface area contributed by atoms with Gasteiger partial charge < -0.3 is 10.4 Å². The van der Waals surface area contributed by atoms with Crippen LogP contribution in [0.15, 0.2) is 42.5 Å². The van der Waals surface area contributed by atoms with Crippen molar-refractivity contribution in [1.29, 1.82) is 0 Å². The van der Waals surface area contributed by atoms with Crippen molar-refractivity contribution in [2.75, 3.05) is 5.32 Å². The number of thiazole rings is 1. The molecule has 0 fully saturated rings. The number of carboxylic acid groups (broad SMARTS) is 1. The quantitative estimate of drug-likeness (QED) is 0.518. The second-order valence-electron chi connectivity index (χ2n) is 7.46. The molecule has 150 valence electrons. The minimum absolute atomic E-state index is 0.104. The molecule has 30 heavy (non-hydrogen) atoms. The van der Waals surface area contributed by atoms with E-state index in [1.807, 2.05) is 26.0 Å². The summed E-state index contributed by atoms with van der Waals surface area (Å²) < 4.78 is 2.77. The van der Waals surface area contributed by atoms with Gasteiger partial charge in [0, 0.05) is 17.9 Å². The molecule has 4 aromatic rings. The Balaban J connectivity index is 1.63. The fourth-order valence-electron chi connectivity index (χ4n) is 3.94. The van der Waals surface area contributed by atoms with E-state index in [0.29, 0.717) is 10.9 Å². The summed E-state index contributed by atoms with van der Waals surface area (Å²) in [5.74, 6) is -0.638. The summed E-state index contributed by atoms with van der Waals surface area (Å²) >= 11 is 1.53. The highest BCUT2D eigenvalue weighted by Gasteiger charge is 2.33. The van der Waals surface area contributed by atoms with Crippen LogP contribution in [0.1, 0.15) is 45.1 Å². The number of nitrogens with one attached hydrogen (secondary N) is 1. The zero-order valence-corrected chi connectivity index (χ0v) is 17.2. The molecule has 3 heterocycles. The van der Waals surface area contributed by atoms with Crippen molar-refractivity contribution < 1.29 is 14.7 Å². The number of amides is 1. The lowest BCUT2D eigenvalue weighted by atomic mass is 9.85. The number of aryl methyl sites for hydroxylation is 2. The van der Waals surface area contributed by atoms with Gasteiger partial charge in [-0.15, -0.1) is 0 Å². The van der Waals surface area contributed by atoms with E-state index in [0.717, 1.165) is 32.6 Å². The van der Waals surface area contributed by atoms with E-state index >= 15 is 0 Å². The summed E-state index contributed by atoms with van der Waals surface area (Å²) in [5.41, 5.74) is 4.91. The minimum atomic E-state index is -0.973. The first-order valence-corrected chi connectivity index (χ1v) is 10.3. The highest BCUT2D eigenvalue weighted by Crippen LogP contribution is 2.41. The molecule has 5 rings (SSSR count). The van der Waals surface area contributed by atoms with Crippen molar-refractivity contribution >= 4 is 39.2 Å². The lowest BCUT2D eigenvalue weighted by molar-refractivity contribution is -0.116. The smallest absolute Gasteiger partial charge is 0.335 e. The Labute approximate surface area is 176 Å². The number of aromatic nitrogens is 3. The van der Waals surface area contributed by atoms with Crippen LogP contribution in [0, 0.1) is 13.8 Å². The Morgan fingerprint density at radius 3 is 2.70 bits per heavy atom. The molecule has 1 aliphatic rings. The molecule has 1 aliphatic heterocycles. The zero-order chi connectivity index (χ0) is 21.0. The Bertz CT molecular complexity index is 1320. The van der Waals surface area contributed by atoms with Gasteiger partial charge in [-0.2, -0.15) is 9.78 Å². The van der Waals surface area contributed by atoms with E-state index in [1.54, 1.807) is 28.9 Å². The molecule has 1 amide bonds. The second-order valence-corrected chi connectivity index (χ2v) is 8.47. The molecule has 0 saturated carbocycles. The van der Waals surface area contributed by atoms with Gasteiger partial charge in [-0.25, -0.2) is 9.78 Å². The van der Waals surface area contributed by atoms with E-state index in [4.69, 9.17) is 15.2 Å². The number of nitrogens with zero attached hydrogens (tertiary/aromatic N) is 3. The van der Waals surface area contributed by atoms with E-state index in [9.17, 15) is 9.59 Å². The first kappa shape index (κ1) is 18.5. The Morgan fingerprint density at radius 1 is 1.20 bits per heavy atom. The Hall–Kier alpha value is -3.52. The fraction of sp³-hybridized carbons (Fsp3) is 0.182. The third-order valence-corrected chi connectivity index (χ3v) is 6.37. The number of rotatable bonds is 3. The predicted octanol–water partition coefficient (Wildman–Crippen LogP) is 4.27. The highest BCUT2D eigenvalue weighted by molar-refractivity contribution is 7.20. The first-order valence-electron chi connectivity index (χ1n) is 9.51. The number of benzene rings is 2. The normalized spacial score (nSPS) is 15.8. The summed E-state index contributed by atoms with van der Waals surface area (Å²) in [6, 6.07) is 12.8. The van der Waals surface area contributed by atoms with Crippen molar-refractivity contribution in [2.45, 2.75) is 26.2 Å². The molecule has 2 aromatic carbocycles. The lowest BCUT2D eigenvalue weighted by Crippen LogP contribution is -2.25. The fourth-order valence-corrected chi connectivity index (χ4v) is 4.96. The van der Waals surface area contributed by atoms with Crippen LogP contribution in [0.25, 0.3) is 15.3 Å². The van der Waals surface area contributed by atoms with Crippen LogP contribution in [-0.4, -0.2) is 31.7 Å². The summed E-state index contributed by atoms with van der Waals surface area (Å²) in [7, 11) is 0. The Kier molecular flexibility index (Phi) is 4.18. The third kappa shape index (κ3) is 2.96. The first-order chi connectivity index (χ1) is 14.4. The monoisotopic (exact) mass is 418 g/mol. The number of hydrogen-bond donors (Lipinski definition) is 2. The number of carbonyl (C=O) groups excluding carboxylic acids is 1. The standard InChI is InChI=1S/C22H18N4O3S/c1-11-3-8-16-17(9-11)30-22(23-16)26-20-19(12(2)25-26)15(10-18(27)24-20)13-4-6-14(7-5-13)21(28)29/h3-9,15H,10H2,1-2H3,(H,24,27)(H,28,29)/t15-/m0/s1. The lowest BCUT2D eigenvalue weighted by Gasteiger charge is -2.24. The number of hydrogen-bond acceptors (Lipinski definition) is 5. The topological polar surface area (TPSA) is 97.1 Å². The van der Waals surface area contributed by atoms with E-state index in [1.165, 1.54) is 11.3 Å². The van der Waals surface area contributed by atoms with Crippen LogP contribution in [-0.2, 0) is 4.79 Å². The van der Waals surface area contributed by atoms with Gasteiger partial charge in [0.15, 0.2) is 0 Å². The van der Waals surface area contributed by atoms with Crippen molar-refractivity contribution in [1.82, 2.24) is 14.8 Å². The third-order valence-electron chi connectivity index (χ3n) is 5.38. The largest absolute Gasteiger partial charge is 0.478 e. The molecule has 1 atom stereocenters. The van der Waals surface area contributed by atoms with Crippen LogP contribution in [0.3, 0.4) is 0 Å². The average Bonchev–Trinajstić information content (AvgIpc) is 3.28. The van der Waals surface area contributed by atoms with Crippen molar-refractivity contribution in [3.63, 3.8) is 0 Å². The molecule has 0 bridgehead atoms. The van der Waals surface area contributed by atoms with Gasteiger partial charge in [0.05, 0.1) is 21.5 Å². The summed E-state index contributed by atoms with van der Waals surface area (Å²) in [6.07, 6.45) is 0.283. The van der Waals surface area contributed by atoms with Crippen molar-refractivity contribution in [3.05, 3.63) is 70.4 Å². The van der Waals surface area contributed by atoms with Gasteiger partial charge in [-0.1, -0.05) is 29.5 Å². The van der Waals surface area contributed by atoms with Crippen LogP contribution in [0.4, 0.5) is 5.82 Å².